The molecule has 70 valence electrons. The summed E-state index contributed by atoms with van der Waals surface area (Å²) in [6.07, 6.45) is 4.19. The first-order valence-electron chi connectivity index (χ1n) is 4.63. The molecule has 0 aromatic rings. The largest absolute Gasteiger partial charge is 0.509 e. The van der Waals surface area contributed by atoms with Gasteiger partial charge in [-0.05, 0) is 30.1 Å². The van der Waals surface area contributed by atoms with E-state index in [1.165, 1.54) is 18.4 Å². The maximum Gasteiger partial charge on any atom is 0.108 e. The Kier molecular flexibility index (Phi) is 1.81. The highest BCUT2D eigenvalue weighted by Gasteiger charge is 2.48. The molecule has 1 aliphatic heterocycles. The van der Waals surface area contributed by atoms with Crippen molar-refractivity contribution in [3.63, 3.8) is 0 Å². The molecule has 1 spiro atoms. The third-order valence-electron chi connectivity index (χ3n) is 2.92. The van der Waals surface area contributed by atoms with Crippen LogP contribution in [0, 0.1) is 5.41 Å². The van der Waals surface area contributed by atoms with Gasteiger partial charge in [-0.25, -0.2) is 0 Å². The van der Waals surface area contributed by atoms with Crippen molar-refractivity contribution in [1.82, 2.24) is 5.32 Å². The second-order valence-corrected chi connectivity index (χ2v) is 4.04. The minimum Gasteiger partial charge on any atom is -0.509 e. The Hall–Kier alpha value is -1.02. The van der Waals surface area contributed by atoms with Gasteiger partial charge in [0.15, 0.2) is 0 Å². The van der Waals surface area contributed by atoms with E-state index >= 15 is 0 Å². The average molecular weight is 177 g/mol. The first-order valence-corrected chi connectivity index (χ1v) is 4.63. The fourth-order valence-electron chi connectivity index (χ4n) is 2.04. The number of piperidine rings is 1. The van der Waals surface area contributed by atoms with Crippen LogP contribution >= 0.6 is 0 Å². The van der Waals surface area contributed by atoms with Crippen LogP contribution in [0.4, 0.5) is 0 Å². The molecule has 0 aromatic heterocycles. The maximum absolute atomic E-state index is 9.15. The van der Waals surface area contributed by atoms with Crippen LogP contribution in [0.25, 0.3) is 0 Å². The SMILES string of the molecule is C=C(O)/C=C1\C(=C)CNCC12CC2. The Bertz CT molecular complexity index is 297. The van der Waals surface area contributed by atoms with Gasteiger partial charge in [0, 0.05) is 18.5 Å². The molecule has 2 aliphatic rings. The van der Waals surface area contributed by atoms with E-state index in [0.717, 1.165) is 18.7 Å². The standard InChI is InChI=1S/C11H15NO/c1-8-6-12-7-11(3-4-11)10(8)5-9(2)13/h5,12-13H,1-4,6-7H2/b10-5+. The van der Waals surface area contributed by atoms with E-state index in [-0.39, 0.29) is 11.2 Å². The van der Waals surface area contributed by atoms with Crippen molar-refractivity contribution in [2.24, 2.45) is 5.41 Å². The van der Waals surface area contributed by atoms with E-state index < -0.39 is 0 Å². The van der Waals surface area contributed by atoms with Crippen molar-refractivity contribution >= 4 is 0 Å². The quantitative estimate of drug-likeness (QED) is 0.600. The van der Waals surface area contributed by atoms with Gasteiger partial charge in [0.2, 0.25) is 0 Å². The summed E-state index contributed by atoms with van der Waals surface area (Å²) in [5.74, 6) is 0.143. The second-order valence-electron chi connectivity index (χ2n) is 4.04. The summed E-state index contributed by atoms with van der Waals surface area (Å²) < 4.78 is 0. The number of hydrogen-bond acceptors (Lipinski definition) is 2. The number of aliphatic hydroxyl groups is 1. The Morgan fingerprint density at radius 3 is 2.77 bits per heavy atom. The maximum atomic E-state index is 9.15. The Labute approximate surface area is 78.7 Å². The van der Waals surface area contributed by atoms with Crippen LogP contribution in [0.5, 0.6) is 0 Å². The molecule has 0 unspecified atom stereocenters. The van der Waals surface area contributed by atoms with Gasteiger partial charge < -0.3 is 10.4 Å². The number of hydrogen-bond donors (Lipinski definition) is 2. The summed E-state index contributed by atoms with van der Waals surface area (Å²) in [4.78, 5) is 0. The van der Waals surface area contributed by atoms with Crippen LogP contribution in [0.2, 0.25) is 0 Å². The zero-order valence-electron chi connectivity index (χ0n) is 7.77. The topological polar surface area (TPSA) is 32.3 Å². The minimum atomic E-state index is 0.143. The van der Waals surface area contributed by atoms with Gasteiger partial charge in [-0.3, -0.25) is 0 Å². The van der Waals surface area contributed by atoms with Gasteiger partial charge in [0.25, 0.3) is 0 Å². The Balaban J connectivity index is 2.30. The molecule has 2 nitrogen and oxygen atoms in total. The van der Waals surface area contributed by atoms with Gasteiger partial charge in [0.05, 0.1) is 0 Å². The lowest BCUT2D eigenvalue weighted by Gasteiger charge is -2.28. The van der Waals surface area contributed by atoms with Crippen LogP contribution in [0.1, 0.15) is 12.8 Å². The monoisotopic (exact) mass is 177 g/mol. The molecule has 0 atom stereocenters. The first-order chi connectivity index (χ1) is 6.14. The van der Waals surface area contributed by atoms with E-state index in [1.807, 2.05) is 0 Å². The fraction of sp³-hybridized carbons (Fsp3) is 0.455. The molecule has 1 aliphatic carbocycles. The highest BCUT2D eigenvalue weighted by atomic mass is 16.3. The van der Waals surface area contributed by atoms with Crippen LogP contribution in [-0.4, -0.2) is 18.2 Å². The average Bonchev–Trinajstić information content (AvgIpc) is 2.79. The van der Waals surface area contributed by atoms with Crippen molar-refractivity contribution < 1.29 is 5.11 Å². The van der Waals surface area contributed by atoms with Crippen molar-refractivity contribution in [3.8, 4) is 0 Å². The lowest BCUT2D eigenvalue weighted by atomic mass is 9.86. The number of rotatable bonds is 1. The normalized spacial score (nSPS) is 28.0. The van der Waals surface area contributed by atoms with E-state index in [1.54, 1.807) is 6.08 Å². The van der Waals surface area contributed by atoms with Crippen molar-refractivity contribution in [1.29, 1.82) is 0 Å². The van der Waals surface area contributed by atoms with Crippen LogP contribution in [0.3, 0.4) is 0 Å². The predicted molar refractivity (Wildman–Crippen MR) is 53.5 cm³/mol. The van der Waals surface area contributed by atoms with Crippen LogP contribution < -0.4 is 5.32 Å². The van der Waals surface area contributed by atoms with E-state index in [4.69, 9.17) is 5.11 Å². The minimum absolute atomic E-state index is 0.143. The molecule has 2 N–H and O–H groups in total. The van der Waals surface area contributed by atoms with Crippen LogP contribution in [-0.2, 0) is 0 Å². The van der Waals surface area contributed by atoms with Crippen molar-refractivity contribution in [2.75, 3.05) is 13.1 Å². The molecular weight excluding hydrogens is 162 g/mol. The molecule has 1 saturated carbocycles. The van der Waals surface area contributed by atoms with Crippen molar-refractivity contribution in [2.45, 2.75) is 12.8 Å². The first kappa shape index (κ1) is 8.57. The molecule has 0 aromatic carbocycles. The fourth-order valence-corrected chi connectivity index (χ4v) is 2.04. The summed E-state index contributed by atoms with van der Waals surface area (Å²) >= 11 is 0. The lowest BCUT2D eigenvalue weighted by molar-refractivity contribution is 0.429. The number of nitrogens with one attached hydrogen (secondary N) is 1. The summed E-state index contributed by atoms with van der Waals surface area (Å²) in [6.45, 7) is 9.35. The zero-order valence-corrected chi connectivity index (χ0v) is 7.77. The molecular formula is C11H15NO. The molecule has 0 radical (unpaired) electrons. The highest BCUT2D eigenvalue weighted by Crippen LogP contribution is 2.54. The van der Waals surface area contributed by atoms with Gasteiger partial charge >= 0.3 is 0 Å². The molecule has 1 heterocycles. The van der Waals surface area contributed by atoms with E-state index in [2.05, 4.69) is 18.5 Å². The summed E-state index contributed by atoms with van der Waals surface area (Å²) in [7, 11) is 0. The summed E-state index contributed by atoms with van der Waals surface area (Å²) in [6, 6.07) is 0. The highest BCUT2D eigenvalue weighted by molar-refractivity contribution is 5.44. The third kappa shape index (κ3) is 1.42. The van der Waals surface area contributed by atoms with Gasteiger partial charge in [-0.1, -0.05) is 13.2 Å². The smallest absolute Gasteiger partial charge is 0.108 e. The van der Waals surface area contributed by atoms with E-state index in [0.29, 0.717) is 0 Å². The van der Waals surface area contributed by atoms with E-state index in [9.17, 15) is 0 Å². The van der Waals surface area contributed by atoms with Gasteiger partial charge in [-0.15, -0.1) is 0 Å². The van der Waals surface area contributed by atoms with Gasteiger partial charge in [0.1, 0.15) is 5.76 Å². The predicted octanol–water partition coefficient (Wildman–Crippen LogP) is 1.92. The molecule has 13 heavy (non-hydrogen) atoms. The lowest BCUT2D eigenvalue weighted by Crippen LogP contribution is -2.34. The van der Waals surface area contributed by atoms with Crippen molar-refractivity contribution in [3.05, 3.63) is 36.1 Å². The molecule has 2 rings (SSSR count). The Morgan fingerprint density at radius 1 is 1.54 bits per heavy atom. The molecule has 1 saturated heterocycles. The molecule has 0 bridgehead atoms. The summed E-state index contributed by atoms with van der Waals surface area (Å²) in [5, 5.41) is 12.5. The number of aliphatic hydroxyl groups excluding tert-OH is 1. The second kappa shape index (κ2) is 2.74. The zero-order chi connectivity index (χ0) is 9.47. The molecule has 0 amide bonds. The number of allylic oxidation sites excluding steroid dienone is 1. The molecule has 2 heteroatoms. The third-order valence-corrected chi connectivity index (χ3v) is 2.92. The van der Waals surface area contributed by atoms with Crippen LogP contribution in [0.15, 0.2) is 36.1 Å². The van der Waals surface area contributed by atoms with Gasteiger partial charge in [-0.2, -0.15) is 0 Å². The Morgan fingerprint density at radius 2 is 2.23 bits per heavy atom. The molecule has 2 fully saturated rings. The summed E-state index contributed by atoms with van der Waals surface area (Å²) in [5.41, 5.74) is 2.58.